The van der Waals surface area contributed by atoms with Crippen LogP contribution in [0.1, 0.15) is 153 Å². The lowest BCUT2D eigenvalue weighted by atomic mass is 9.54. The molecular formula is C59H63ClFN7O6. The van der Waals surface area contributed by atoms with Gasteiger partial charge in [0, 0.05) is 95.2 Å². The summed E-state index contributed by atoms with van der Waals surface area (Å²) in [4.78, 5) is 78.1. The van der Waals surface area contributed by atoms with Crippen LogP contribution in [0, 0.1) is 34.4 Å². The van der Waals surface area contributed by atoms with Crippen LogP contribution in [0.15, 0.2) is 66.9 Å². The fraction of sp³-hybridized carbons (Fsp3) is 0.492. The van der Waals surface area contributed by atoms with Gasteiger partial charge in [0.25, 0.3) is 11.8 Å². The lowest BCUT2D eigenvalue weighted by molar-refractivity contribution is -0.137. The summed E-state index contributed by atoms with van der Waals surface area (Å²) in [5.41, 5.74) is 5.30. The van der Waals surface area contributed by atoms with Gasteiger partial charge in [-0.1, -0.05) is 69.3 Å². The van der Waals surface area contributed by atoms with Gasteiger partial charge >= 0.3 is 0 Å². The number of piperidine rings is 2. The minimum Gasteiger partial charge on any atom is -0.487 e. The van der Waals surface area contributed by atoms with Crippen molar-refractivity contribution in [3.63, 3.8) is 0 Å². The summed E-state index contributed by atoms with van der Waals surface area (Å²) in [6, 6.07) is 16.6. The van der Waals surface area contributed by atoms with Crippen LogP contribution in [-0.2, 0) is 26.3 Å². The molecule has 8 aliphatic rings. The van der Waals surface area contributed by atoms with Crippen LogP contribution in [-0.4, -0.2) is 94.2 Å². The van der Waals surface area contributed by atoms with E-state index in [0.29, 0.717) is 54.2 Å². The highest BCUT2D eigenvalue weighted by atomic mass is 35.5. The number of carbonyl (C=O) groups is 5. The van der Waals surface area contributed by atoms with E-state index in [-0.39, 0.29) is 70.8 Å². The monoisotopic (exact) mass is 1020 g/mol. The number of carbonyl (C=O) groups excluding carboxylic acids is 5. The number of rotatable bonds is 5. The van der Waals surface area contributed by atoms with E-state index in [4.69, 9.17) is 21.3 Å². The Balaban J connectivity index is 0.782. The molecule has 0 unspecified atom stereocenters. The van der Waals surface area contributed by atoms with Gasteiger partial charge in [-0.2, -0.15) is 0 Å². The second-order valence-corrected chi connectivity index (χ2v) is 24.0. The van der Waals surface area contributed by atoms with Crippen LogP contribution in [0.3, 0.4) is 0 Å². The molecule has 384 valence electrons. The first-order valence-corrected chi connectivity index (χ1v) is 26.9. The molecule has 15 heteroatoms. The van der Waals surface area contributed by atoms with E-state index in [1.165, 1.54) is 0 Å². The van der Waals surface area contributed by atoms with E-state index in [9.17, 15) is 19.2 Å². The van der Waals surface area contributed by atoms with Gasteiger partial charge in [0.2, 0.25) is 17.7 Å². The molecule has 2 aliphatic carbocycles. The third-order valence-corrected chi connectivity index (χ3v) is 18.8. The van der Waals surface area contributed by atoms with Crippen molar-refractivity contribution in [3.05, 3.63) is 117 Å². The number of nitrogens with one attached hydrogen (secondary N) is 3. The number of nitrogens with zero attached hydrogens (tertiary/aromatic N) is 4. The van der Waals surface area contributed by atoms with Crippen molar-refractivity contribution in [1.29, 1.82) is 0 Å². The van der Waals surface area contributed by atoms with Crippen molar-refractivity contribution < 1.29 is 33.1 Å². The van der Waals surface area contributed by atoms with Crippen molar-refractivity contribution in [2.45, 2.75) is 140 Å². The number of halogens is 2. The van der Waals surface area contributed by atoms with E-state index >= 15 is 9.18 Å². The number of benzene rings is 3. The number of anilines is 2. The zero-order valence-corrected chi connectivity index (χ0v) is 43.5. The average Bonchev–Trinajstić information content (AvgIpc) is 3.59. The Kier molecular flexibility index (Phi) is 11.6. The lowest BCUT2D eigenvalue weighted by Crippen LogP contribution is -2.60. The van der Waals surface area contributed by atoms with E-state index in [1.807, 2.05) is 36.2 Å². The molecule has 3 saturated heterocycles. The van der Waals surface area contributed by atoms with E-state index in [1.54, 1.807) is 46.2 Å². The molecule has 0 radical (unpaired) electrons. The molecule has 74 heavy (non-hydrogen) atoms. The summed E-state index contributed by atoms with van der Waals surface area (Å²) in [5.74, 6) is 5.27. The van der Waals surface area contributed by atoms with E-state index < -0.39 is 46.8 Å². The van der Waals surface area contributed by atoms with Crippen LogP contribution < -0.4 is 25.6 Å². The molecular weight excluding hydrogens is 957 g/mol. The largest absolute Gasteiger partial charge is 0.487 e. The molecule has 3 spiro atoms. The molecule has 3 N–H and O–H groups in total. The fourth-order valence-electron chi connectivity index (χ4n) is 14.0. The lowest BCUT2D eigenvalue weighted by Gasteiger charge is -2.51. The van der Waals surface area contributed by atoms with Crippen molar-refractivity contribution in [1.82, 2.24) is 25.4 Å². The topological polar surface area (TPSA) is 153 Å². The van der Waals surface area contributed by atoms with Gasteiger partial charge in [0.15, 0.2) is 0 Å². The van der Waals surface area contributed by atoms with Gasteiger partial charge in [-0.15, -0.1) is 0 Å². The van der Waals surface area contributed by atoms with Gasteiger partial charge in [-0.25, -0.2) is 4.39 Å². The average molecular weight is 1020 g/mol. The number of amides is 5. The summed E-state index contributed by atoms with van der Waals surface area (Å²) >= 11 is 6.62. The third kappa shape index (κ3) is 7.72. The summed E-state index contributed by atoms with van der Waals surface area (Å²) in [5, 5.41) is 10.1. The number of imide groups is 1. The summed E-state index contributed by atoms with van der Waals surface area (Å²) in [6.45, 7) is 13.0. The van der Waals surface area contributed by atoms with Gasteiger partial charge in [-0.3, -0.25) is 39.6 Å². The Labute approximate surface area is 436 Å². The highest BCUT2D eigenvalue weighted by molar-refractivity contribution is 6.30. The van der Waals surface area contributed by atoms with Crippen LogP contribution in [0.25, 0.3) is 0 Å². The first-order valence-electron chi connectivity index (χ1n) is 26.6. The predicted molar refractivity (Wildman–Crippen MR) is 278 cm³/mol. The Hall–Kier alpha value is -6.30. The van der Waals surface area contributed by atoms with Gasteiger partial charge < -0.3 is 24.8 Å². The number of pyridine rings is 1. The number of hydrogen-bond acceptors (Lipinski definition) is 9. The molecule has 7 heterocycles. The zero-order chi connectivity index (χ0) is 51.6. The smallest absolute Gasteiger partial charge is 0.255 e. The molecule has 5 amide bonds. The van der Waals surface area contributed by atoms with Crippen molar-refractivity contribution >= 4 is 52.5 Å². The first-order chi connectivity index (χ1) is 35.4. The van der Waals surface area contributed by atoms with E-state index in [2.05, 4.69) is 61.6 Å². The Morgan fingerprint density at radius 2 is 1.74 bits per heavy atom. The molecule has 1 aromatic heterocycles. The maximum atomic E-state index is 16.9. The zero-order valence-electron chi connectivity index (χ0n) is 42.7. The molecule has 6 atom stereocenters. The molecule has 6 aliphatic heterocycles. The first kappa shape index (κ1) is 48.6. The summed E-state index contributed by atoms with van der Waals surface area (Å²) in [7, 11) is 0. The predicted octanol–water partition coefficient (Wildman–Crippen LogP) is 8.62. The molecule has 12 rings (SSSR count). The van der Waals surface area contributed by atoms with Gasteiger partial charge in [0.1, 0.15) is 23.7 Å². The number of hydrogen-bond donors (Lipinski definition) is 3. The highest BCUT2D eigenvalue weighted by Crippen LogP contribution is 2.64. The van der Waals surface area contributed by atoms with Crippen molar-refractivity contribution in [2.75, 3.05) is 36.4 Å². The maximum absolute atomic E-state index is 16.9. The van der Waals surface area contributed by atoms with E-state index in [0.717, 1.165) is 73.0 Å². The molecule has 0 bridgehead atoms. The van der Waals surface area contributed by atoms with Gasteiger partial charge in [0.05, 0.1) is 23.3 Å². The fourth-order valence-corrected chi connectivity index (χ4v) is 14.2. The Morgan fingerprint density at radius 1 is 0.973 bits per heavy atom. The number of ether oxygens (including phenoxy) is 1. The Bertz CT molecular complexity index is 3130. The van der Waals surface area contributed by atoms with Crippen molar-refractivity contribution in [3.8, 4) is 17.6 Å². The van der Waals surface area contributed by atoms with Crippen LogP contribution in [0.2, 0.25) is 5.02 Å². The van der Waals surface area contributed by atoms with Gasteiger partial charge in [-0.05, 0) is 129 Å². The van der Waals surface area contributed by atoms with Crippen molar-refractivity contribution in [2.24, 2.45) is 16.7 Å². The normalized spacial score (nSPS) is 27.8. The number of likely N-dealkylation sites (tertiary alicyclic amines) is 1. The quantitative estimate of drug-likeness (QED) is 0.132. The third-order valence-electron chi connectivity index (χ3n) is 18.5. The molecule has 5 fully saturated rings. The second-order valence-electron chi connectivity index (χ2n) is 23.6. The Morgan fingerprint density at radius 3 is 2.50 bits per heavy atom. The maximum Gasteiger partial charge on any atom is 0.255 e. The minimum absolute atomic E-state index is 0.0133. The highest BCUT2D eigenvalue weighted by Gasteiger charge is 2.69. The molecule has 3 aromatic carbocycles. The summed E-state index contributed by atoms with van der Waals surface area (Å²) < 4.78 is 23.3. The second kappa shape index (κ2) is 17.7. The molecule has 4 aromatic rings. The SMILES string of the molecule is CC(C)c1cc2c(cn1)[C@]1(CN2)[C@@H](c2cccc(Cl)c2F)[C@H](C(=O)N2C[C@@H](C)Oc3cc(C(=O)N4CCC5(CC4)C[C@H]5C#Cc4cccc5c4CN([C@H]4CCC(=O)NC4=O)C5=O)ccc32)NC12CCC(C)(C)CC2. The van der Waals surface area contributed by atoms with Crippen LogP contribution >= 0.6 is 11.6 Å². The summed E-state index contributed by atoms with van der Waals surface area (Å²) in [6.07, 6.45) is 8.07. The number of fused-ring (bicyclic) bond motifs is 5. The molecule has 13 nitrogen and oxygen atoms in total. The number of aromatic nitrogens is 1. The van der Waals surface area contributed by atoms with Crippen LogP contribution in [0.4, 0.5) is 15.8 Å². The minimum atomic E-state index is -0.842. The van der Waals surface area contributed by atoms with Crippen LogP contribution in [0.5, 0.6) is 5.75 Å². The standard InChI is InChI=1S/C59H63ClFN7O6/c1-33(2)43-27-44-41(29-62-43)59(32-63-44)49(39-10-7-11-42(60)50(39)61)51(65-58(59)20-18-56(4,5)19-21-58)55(73)67-30-34(3)74-47-26-36(13-15-45(47)67)53(71)66-24-22-57(23-25-66)28-37(57)14-12-35-8-6-9-38-40(35)31-68(54(38)72)46-16-17-48(69)64-52(46)70/h6-11,13,15,26-27,29,33-34,37,46,49,51,63,65H,16-25,28,30-32H2,1-5H3,(H,64,69,70)/t34-,37-,46+,49+,51-,59-/m1/s1. The molecule has 2 saturated carbocycles.